The summed E-state index contributed by atoms with van der Waals surface area (Å²) >= 11 is 3.30. The van der Waals surface area contributed by atoms with Gasteiger partial charge in [-0.1, -0.05) is 28.1 Å². The molecule has 0 fully saturated rings. The van der Waals surface area contributed by atoms with Gasteiger partial charge in [-0.25, -0.2) is 0 Å². The van der Waals surface area contributed by atoms with E-state index in [1.54, 1.807) is 0 Å². The van der Waals surface area contributed by atoms with E-state index in [0.717, 1.165) is 10.0 Å². The summed E-state index contributed by atoms with van der Waals surface area (Å²) in [5, 5.41) is 19.2. The van der Waals surface area contributed by atoms with Crippen LogP contribution < -0.4 is 5.23 Å². The Bertz CT molecular complexity index is 235. The Balaban J connectivity index is 2.48. The van der Waals surface area contributed by atoms with Crippen LogP contribution in [0.15, 0.2) is 28.7 Å². The lowest BCUT2D eigenvalue weighted by atomic mass is 10.2. The van der Waals surface area contributed by atoms with Crippen molar-refractivity contribution in [3.63, 3.8) is 0 Å². The van der Waals surface area contributed by atoms with Gasteiger partial charge in [0.25, 0.3) is 0 Å². The molecule has 1 aromatic rings. The van der Waals surface area contributed by atoms with Crippen molar-refractivity contribution in [2.24, 2.45) is 0 Å². The van der Waals surface area contributed by atoms with Crippen LogP contribution in [0.2, 0.25) is 0 Å². The number of rotatable bonds is 3. The van der Waals surface area contributed by atoms with Crippen LogP contribution in [-0.4, -0.2) is 6.54 Å². The zero-order valence-electron chi connectivity index (χ0n) is 6.42. The number of nitrogens with one attached hydrogen (secondary N) is 1. The summed E-state index contributed by atoms with van der Waals surface area (Å²) in [4.78, 5) is 0. The molecule has 0 saturated heterocycles. The highest BCUT2D eigenvalue weighted by atomic mass is 79.9. The van der Waals surface area contributed by atoms with Gasteiger partial charge < -0.3 is 15.6 Å². The van der Waals surface area contributed by atoms with Crippen molar-refractivity contribution in [2.75, 3.05) is 6.54 Å². The fourth-order valence-corrected chi connectivity index (χ4v) is 1.16. The average molecular weight is 231 g/mol. The van der Waals surface area contributed by atoms with Crippen LogP contribution in [0.1, 0.15) is 5.56 Å². The molecule has 0 aliphatic carbocycles. The van der Waals surface area contributed by atoms with Crippen molar-refractivity contribution in [1.82, 2.24) is 0 Å². The quantitative estimate of drug-likeness (QED) is 0.784. The van der Waals surface area contributed by atoms with E-state index in [2.05, 4.69) is 15.9 Å². The first-order valence-electron chi connectivity index (χ1n) is 3.63. The molecule has 0 aliphatic heterocycles. The van der Waals surface area contributed by atoms with Gasteiger partial charge in [0.1, 0.15) is 0 Å². The van der Waals surface area contributed by atoms with E-state index in [1.165, 1.54) is 0 Å². The molecule has 0 saturated carbocycles. The Morgan fingerprint density at radius 1 is 1.17 bits per heavy atom. The standard InChI is InChI=1S/C8H9BrNO2/c9-8-3-1-7(2-4-8)5-6-10(11)12/h1-4,10H,5-6H2/q-1. The fraction of sp³-hybridized carbons (Fsp3) is 0.250. The summed E-state index contributed by atoms with van der Waals surface area (Å²) in [6.45, 7) is 0.0850. The molecule has 0 aromatic heterocycles. The number of hydroxylamine groups is 2. The molecule has 0 radical (unpaired) electrons. The van der Waals surface area contributed by atoms with Gasteiger partial charge in [-0.05, 0) is 17.7 Å². The lowest BCUT2D eigenvalue weighted by Gasteiger charge is -2.24. The Kier molecular flexibility index (Phi) is 3.68. The molecule has 0 amide bonds. The van der Waals surface area contributed by atoms with E-state index >= 15 is 0 Å². The number of hydrogen-bond acceptors (Lipinski definition) is 2. The van der Waals surface area contributed by atoms with Gasteiger partial charge in [-0.15, -0.1) is 0 Å². The predicted octanol–water partition coefficient (Wildman–Crippen LogP) is 0.872. The van der Waals surface area contributed by atoms with Gasteiger partial charge in [-0.2, -0.15) is 0 Å². The highest BCUT2D eigenvalue weighted by molar-refractivity contribution is 9.10. The van der Waals surface area contributed by atoms with E-state index in [4.69, 9.17) is 0 Å². The number of quaternary nitrogens is 1. The molecule has 0 aliphatic rings. The van der Waals surface area contributed by atoms with E-state index < -0.39 is 5.23 Å². The molecule has 1 N–H and O–H groups in total. The van der Waals surface area contributed by atoms with Gasteiger partial charge in [0, 0.05) is 10.9 Å². The summed E-state index contributed by atoms with van der Waals surface area (Å²) in [6, 6.07) is 7.58. The topological polar surface area (TPSA) is 50.6 Å². The predicted molar refractivity (Wildman–Crippen MR) is 50.4 cm³/mol. The Labute approximate surface area is 79.3 Å². The Morgan fingerprint density at radius 2 is 1.75 bits per heavy atom. The lowest BCUT2D eigenvalue weighted by Crippen LogP contribution is -3.02. The van der Waals surface area contributed by atoms with E-state index in [-0.39, 0.29) is 6.54 Å². The molecule has 0 spiro atoms. The smallest absolute Gasteiger partial charge is 0.0806 e. The second kappa shape index (κ2) is 4.57. The number of hydrogen-bond donors (Lipinski definition) is 1. The maximum atomic E-state index is 10.1. The van der Waals surface area contributed by atoms with Gasteiger partial charge in [0.2, 0.25) is 0 Å². The van der Waals surface area contributed by atoms with Crippen LogP contribution in [-0.2, 0) is 6.42 Å². The maximum absolute atomic E-state index is 10.1. The molecule has 4 heteroatoms. The van der Waals surface area contributed by atoms with Crippen molar-refractivity contribution in [3.8, 4) is 0 Å². The highest BCUT2D eigenvalue weighted by Crippen LogP contribution is 2.10. The second-order valence-electron chi connectivity index (χ2n) is 2.50. The van der Waals surface area contributed by atoms with Crippen LogP contribution >= 0.6 is 15.9 Å². The van der Waals surface area contributed by atoms with E-state index in [1.807, 2.05) is 24.3 Å². The Morgan fingerprint density at radius 3 is 2.25 bits per heavy atom. The van der Waals surface area contributed by atoms with Crippen LogP contribution in [0.4, 0.5) is 0 Å². The van der Waals surface area contributed by atoms with Gasteiger partial charge in [-0.3, -0.25) is 0 Å². The zero-order valence-corrected chi connectivity index (χ0v) is 8.00. The molecular formula is C8H9BrNO2-. The summed E-state index contributed by atoms with van der Waals surface area (Å²) in [5.74, 6) is 0. The van der Waals surface area contributed by atoms with E-state index in [9.17, 15) is 10.4 Å². The van der Waals surface area contributed by atoms with Crippen LogP contribution in [0.25, 0.3) is 0 Å². The van der Waals surface area contributed by atoms with Crippen molar-refractivity contribution in [1.29, 1.82) is 0 Å². The molecule has 12 heavy (non-hydrogen) atoms. The third-order valence-electron chi connectivity index (χ3n) is 1.53. The third kappa shape index (κ3) is 3.32. The highest BCUT2D eigenvalue weighted by Gasteiger charge is 1.93. The fourth-order valence-electron chi connectivity index (χ4n) is 0.897. The molecule has 3 nitrogen and oxygen atoms in total. The molecule has 0 bridgehead atoms. The maximum Gasteiger partial charge on any atom is 0.0806 e. The van der Waals surface area contributed by atoms with Gasteiger partial charge in [0.15, 0.2) is 0 Å². The van der Waals surface area contributed by atoms with Crippen molar-refractivity contribution >= 4 is 15.9 Å². The number of benzene rings is 1. The summed E-state index contributed by atoms with van der Waals surface area (Å²) in [6.07, 6.45) is 0.537. The molecule has 0 heterocycles. The summed E-state index contributed by atoms with van der Waals surface area (Å²) < 4.78 is 1.000. The molecule has 1 aromatic carbocycles. The lowest BCUT2D eigenvalue weighted by molar-refractivity contribution is -0.792. The zero-order chi connectivity index (χ0) is 8.97. The molecule has 66 valence electrons. The SMILES string of the molecule is [O-][NH+]([O-])CCc1ccc(Br)cc1. The third-order valence-corrected chi connectivity index (χ3v) is 2.06. The first-order valence-corrected chi connectivity index (χ1v) is 4.42. The van der Waals surface area contributed by atoms with Crippen LogP contribution in [0, 0.1) is 10.4 Å². The largest absolute Gasteiger partial charge is 0.633 e. The molecule has 0 atom stereocenters. The first kappa shape index (κ1) is 9.67. The minimum absolute atomic E-state index is 0.0850. The Hall–Kier alpha value is -0.420. The summed E-state index contributed by atoms with van der Waals surface area (Å²) in [7, 11) is 0. The second-order valence-corrected chi connectivity index (χ2v) is 3.41. The van der Waals surface area contributed by atoms with Crippen molar-refractivity contribution in [2.45, 2.75) is 6.42 Å². The van der Waals surface area contributed by atoms with Gasteiger partial charge in [0.05, 0.1) is 6.54 Å². The van der Waals surface area contributed by atoms with Crippen LogP contribution in [0.5, 0.6) is 0 Å². The monoisotopic (exact) mass is 230 g/mol. The summed E-state index contributed by atoms with van der Waals surface area (Å²) in [5.41, 5.74) is 1.02. The number of halogens is 1. The first-order chi connectivity index (χ1) is 5.68. The molecule has 0 unspecified atom stereocenters. The minimum Gasteiger partial charge on any atom is -0.633 e. The molecule has 1 rings (SSSR count). The van der Waals surface area contributed by atoms with Crippen molar-refractivity contribution in [3.05, 3.63) is 44.7 Å². The normalized spacial score (nSPS) is 10.7. The minimum atomic E-state index is -1.00. The molecular weight excluding hydrogens is 222 g/mol. The van der Waals surface area contributed by atoms with E-state index in [0.29, 0.717) is 6.42 Å². The van der Waals surface area contributed by atoms with Crippen LogP contribution in [0.3, 0.4) is 0 Å². The van der Waals surface area contributed by atoms with Crippen molar-refractivity contribution < 1.29 is 5.23 Å². The van der Waals surface area contributed by atoms with Gasteiger partial charge >= 0.3 is 0 Å². The average Bonchev–Trinajstić information content (AvgIpc) is 2.03.